The molecule has 3 N–H and O–H groups in total. The molecular weight excluding hydrogens is 126 g/mol. The number of hydrazine groups is 1. The molecule has 3 nitrogen and oxygen atoms in total. The van der Waals surface area contributed by atoms with Crippen LogP contribution in [-0.2, 0) is 0 Å². The first-order valence-corrected chi connectivity index (χ1v) is 3.97. The third-order valence-corrected chi connectivity index (χ3v) is 1.41. The van der Waals surface area contributed by atoms with Gasteiger partial charge >= 0.3 is 0 Å². The SMILES string of the molecule is CCCCNNC(C)NC. The lowest BCUT2D eigenvalue weighted by Gasteiger charge is -2.12. The van der Waals surface area contributed by atoms with E-state index in [0.717, 1.165) is 6.54 Å². The molecule has 0 aromatic heterocycles. The van der Waals surface area contributed by atoms with Crippen LogP contribution in [0.5, 0.6) is 0 Å². The van der Waals surface area contributed by atoms with Crippen molar-refractivity contribution in [3.63, 3.8) is 0 Å². The first-order valence-electron chi connectivity index (χ1n) is 3.97. The van der Waals surface area contributed by atoms with Crippen molar-refractivity contribution < 1.29 is 0 Å². The number of unbranched alkanes of at least 4 members (excludes halogenated alkanes) is 1. The van der Waals surface area contributed by atoms with Gasteiger partial charge in [-0.2, -0.15) is 0 Å². The minimum atomic E-state index is 0.344. The average Bonchev–Trinajstić information content (AvgIpc) is 1.98. The van der Waals surface area contributed by atoms with Crippen LogP contribution in [0, 0.1) is 0 Å². The summed E-state index contributed by atoms with van der Waals surface area (Å²) in [7, 11) is 1.93. The van der Waals surface area contributed by atoms with Crippen molar-refractivity contribution in [1.82, 2.24) is 16.2 Å². The Morgan fingerprint density at radius 1 is 1.40 bits per heavy atom. The Morgan fingerprint density at radius 2 is 2.10 bits per heavy atom. The molecule has 0 spiro atoms. The number of hydrogen-bond donors (Lipinski definition) is 3. The second kappa shape index (κ2) is 6.99. The molecule has 0 aliphatic carbocycles. The van der Waals surface area contributed by atoms with E-state index >= 15 is 0 Å². The quantitative estimate of drug-likeness (QED) is 0.288. The summed E-state index contributed by atoms with van der Waals surface area (Å²) in [5.74, 6) is 0. The Hall–Kier alpha value is -0.120. The van der Waals surface area contributed by atoms with Gasteiger partial charge in [0.15, 0.2) is 0 Å². The van der Waals surface area contributed by atoms with Crippen LogP contribution in [0.4, 0.5) is 0 Å². The molecule has 0 rings (SSSR count). The van der Waals surface area contributed by atoms with Crippen LogP contribution in [-0.4, -0.2) is 19.8 Å². The van der Waals surface area contributed by atoms with Crippen LogP contribution in [0.15, 0.2) is 0 Å². The topological polar surface area (TPSA) is 36.1 Å². The highest BCUT2D eigenvalue weighted by atomic mass is 15.4. The van der Waals surface area contributed by atoms with Crippen molar-refractivity contribution in [1.29, 1.82) is 0 Å². The lowest BCUT2D eigenvalue weighted by Crippen LogP contribution is -2.46. The minimum Gasteiger partial charge on any atom is -0.304 e. The normalized spacial score (nSPS) is 13.5. The highest BCUT2D eigenvalue weighted by Gasteiger charge is 1.91. The Bertz CT molecular complexity index is 65.9. The van der Waals surface area contributed by atoms with E-state index in [1.807, 2.05) is 7.05 Å². The molecule has 1 atom stereocenters. The first-order chi connectivity index (χ1) is 4.81. The number of rotatable bonds is 6. The summed E-state index contributed by atoms with van der Waals surface area (Å²) in [5, 5.41) is 3.07. The highest BCUT2D eigenvalue weighted by molar-refractivity contribution is 4.48. The van der Waals surface area contributed by atoms with Crippen LogP contribution in [0.25, 0.3) is 0 Å². The maximum absolute atomic E-state index is 3.12. The summed E-state index contributed by atoms with van der Waals surface area (Å²) >= 11 is 0. The molecule has 0 heterocycles. The van der Waals surface area contributed by atoms with E-state index in [-0.39, 0.29) is 0 Å². The fraction of sp³-hybridized carbons (Fsp3) is 1.00. The predicted molar refractivity (Wildman–Crippen MR) is 44.6 cm³/mol. The molecule has 0 bridgehead atoms. The summed E-state index contributed by atoms with van der Waals surface area (Å²) in [6.45, 7) is 5.30. The van der Waals surface area contributed by atoms with Crippen molar-refractivity contribution in [3.05, 3.63) is 0 Å². The Morgan fingerprint density at radius 3 is 2.60 bits per heavy atom. The summed E-state index contributed by atoms with van der Waals surface area (Å²) in [4.78, 5) is 0. The zero-order valence-corrected chi connectivity index (χ0v) is 7.20. The van der Waals surface area contributed by atoms with Gasteiger partial charge in [0.1, 0.15) is 0 Å². The Labute approximate surface area is 63.5 Å². The average molecular weight is 145 g/mol. The van der Waals surface area contributed by atoms with E-state index < -0.39 is 0 Å². The van der Waals surface area contributed by atoms with Crippen molar-refractivity contribution in [2.75, 3.05) is 13.6 Å². The zero-order valence-electron chi connectivity index (χ0n) is 7.20. The van der Waals surface area contributed by atoms with Crippen LogP contribution < -0.4 is 16.2 Å². The lowest BCUT2D eigenvalue weighted by molar-refractivity contribution is 0.408. The molecule has 10 heavy (non-hydrogen) atoms. The molecule has 1 unspecified atom stereocenters. The summed E-state index contributed by atoms with van der Waals surface area (Å²) in [5.41, 5.74) is 6.23. The monoisotopic (exact) mass is 145 g/mol. The maximum atomic E-state index is 3.12. The largest absolute Gasteiger partial charge is 0.304 e. The molecule has 0 aromatic rings. The standard InChI is InChI=1S/C7H19N3/c1-4-5-6-9-10-7(2)8-3/h7-10H,4-6H2,1-3H3. The van der Waals surface area contributed by atoms with Gasteiger partial charge in [0.2, 0.25) is 0 Å². The van der Waals surface area contributed by atoms with Gasteiger partial charge in [0, 0.05) is 6.54 Å². The number of hydrogen-bond acceptors (Lipinski definition) is 3. The van der Waals surface area contributed by atoms with Gasteiger partial charge in [-0.15, -0.1) is 0 Å². The van der Waals surface area contributed by atoms with E-state index in [0.29, 0.717) is 6.17 Å². The van der Waals surface area contributed by atoms with E-state index in [9.17, 15) is 0 Å². The van der Waals surface area contributed by atoms with Gasteiger partial charge in [0.05, 0.1) is 6.17 Å². The molecule has 0 saturated carbocycles. The summed E-state index contributed by atoms with van der Waals surface area (Å²) in [6, 6.07) is 0. The number of nitrogens with one attached hydrogen (secondary N) is 3. The van der Waals surface area contributed by atoms with Crippen LogP contribution >= 0.6 is 0 Å². The van der Waals surface area contributed by atoms with Crippen molar-refractivity contribution >= 4 is 0 Å². The van der Waals surface area contributed by atoms with Gasteiger partial charge in [0.25, 0.3) is 0 Å². The van der Waals surface area contributed by atoms with Crippen molar-refractivity contribution in [2.45, 2.75) is 32.9 Å². The lowest BCUT2D eigenvalue weighted by atomic mass is 10.3. The maximum Gasteiger partial charge on any atom is 0.0672 e. The molecule has 0 aromatic carbocycles. The fourth-order valence-corrected chi connectivity index (χ4v) is 0.563. The molecular formula is C7H19N3. The molecule has 0 amide bonds. The van der Waals surface area contributed by atoms with Gasteiger partial charge < -0.3 is 5.32 Å². The van der Waals surface area contributed by atoms with Gasteiger partial charge in [-0.05, 0) is 20.4 Å². The van der Waals surface area contributed by atoms with Gasteiger partial charge in [-0.3, -0.25) is 5.43 Å². The van der Waals surface area contributed by atoms with E-state index in [1.165, 1.54) is 12.8 Å². The van der Waals surface area contributed by atoms with E-state index in [4.69, 9.17) is 0 Å². The Kier molecular flexibility index (Phi) is 6.91. The third-order valence-electron chi connectivity index (χ3n) is 1.41. The third kappa shape index (κ3) is 6.01. The molecule has 0 fully saturated rings. The van der Waals surface area contributed by atoms with Crippen molar-refractivity contribution in [3.8, 4) is 0 Å². The molecule has 3 heteroatoms. The van der Waals surface area contributed by atoms with E-state index in [2.05, 4.69) is 30.0 Å². The van der Waals surface area contributed by atoms with Gasteiger partial charge in [-0.1, -0.05) is 13.3 Å². The summed E-state index contributed by atoms with van der Waals surface area (Å²) in [6.07, 6.45) is 2.81. The highest BCUT2D eigenvalue weighted by Crippen LogP contribution is 1.80. The predicted octanol–water partition coefficient (Wildman–Crippen LogP) is 0.446. The van der Waals surface area contributed by atoms with Crippen molar-refractivity contribution in [2.24, 2.45) is 0 Å². The second-order valence-corrected chi connectivity index (χ2v) is 2.44. The molecule has 0 aliphatic rings. The second-order valence-electron chi connectivity index (χ2n) is 2.44. The molecule has 0 aliphatic heterocycles. The fourth-order valence-electron chi connectivity index (χ4n) is 0.563. The van der Waals surface area contributed by atoms with Crippen LogP contribution in [0.1, 0.15) is 26.7 Å². The molecule has 0 saturated heterocycles. The molecule has 62 valence electrons. The molecule has 0 radical (unpaired) electrons. The first kappa shape index (κ1) is 9.88. The van der Waals surface area contributed by atoms with Gasteiger partial charge in [-0.25, -0.2) is 5.43 Å². The summed E-state index contributed by atoms with van der Waals surface area (Å²) < 4.78 is 0. The van der Waals surface area contributed by atoms with Crippen LogP contribution in [0.2, 0.25) is 0 Å². The Balaban J connectivity index is 2.89. The van der Waals surface area contributed by atoms with E-state index in [1.54, 1.807) is 0 Å². The zero-order chi connectivity index (χ0) is 7.82. The minimum absolute atomic E-state index is 0.344. The van der Waals surface area contributed by atoms with Crippen LogP contribution in [0.3, 0.4) is 0 Å². The smallest absolute Gasteiger partial charge is 0.0672 e.